The molecule has 0 saturated carbocycles. The fourth-order valence-corrected chi connectivity index (χ4v) is 3.84. The highest BCUT2D eigenvalue weighted by Crippen LogP contribution is 2.34. The number of aryl methyl sites for hydroxylation is 1. The van der Waals surface area contributed by atoms with Crippen molar-refractivity contribution < 1.29 is 13.9 Å². The molecule has 0 unspecified atom stereocenters. The van der Waals surface area contributed by atoms with E-state index in [2.05, 4.69) is 0 Å². The molecule has 0 atom stereocenters. The highest BCUT2D eigenvalue weighted by atomic mass is 35.5. The SMILES string of the molecule is COc1ccc(-c2cc(=O)oc3c(C)c(OCc4c(Cl)cccc4Cl)ccc23)cc1. The van der Waals surface area contributed by atoms with Gasteiger partial charge in [0.1, 0.15) is 23.7 Å². The fourth-order valence-electron chi connectivity index (χ4n) is 3.33. The van der Waals surface area contributed by atoms with Gasteiger partial charge in [0, 0.05) is 32.6 Å². The summed E-state index contributed by atoms with van der Waals surface area (Å²) >= 11 is 12.5. The normalized spacial score (nSPS) is 10.9. The third-order valence-corrected chi connectivity index (χ3v) is 5.65. The van der Waals surface area contributed by atoms with Crippen molar-refractivity contribution in [2.24, 2.45) is 0 Å². The van der Waals surface area contributed by atoms with Gasteiger partial charge in [-0.05, 0) is 54.4 Å². The second kappa shape index (κ2) is 8.42. The molecule has 6 heteroatoms. The average molecular weight is 441 g/mol. The van der Waals surface area contributed by atoms with E-state index in [0.717, 1.165) is 27.8 Å². The molecule has 0 amide bonds. The summed E-state index contributed by atoms with van der Waals surface area (Å²) in [7, 11) is 1.61. The Morgan fingerprint density at radius 2 is 1.67 bits per heavy atom. The van der Waals surface area contributed by atoms with Gasteiger partial charge in [-0.3, -0.25) is 0 Å². The Morgan fingerprint density at radius 3 is 2.33 bits per heavy atom. The summed E-state index contributed by atoms with van der Waals surface area (Å²) in [5.41, 5.74) is 3.16. The lowest BCUT2D eigenvalue weighted by Crippen LogP contribution is -2.02. The molecule has 0 N–H and O–H groups in total. The average Bonchev–Trinajstić information content (AvgIpc) is 2.75. The number of hydrogen-bond donors (Lipinski definition) is 0. The van der Waals surface area contributed by atoms with Gasteiger partial charge in [-0.15, -0.1) is 0 Å². The lowest BCUT2D eigenvalue weighted by molar-refractivity contribution is 0.304. The molecule has 0 radical (unpaired) electrons. The summed E-state index contributed by atoms with van der Waals surface area (Å²) < 4.78 is 16.7. The summed E-state index contributed by atoms with van der Waals surface area (Å²) in [6.45, 7) is 2.06. The molecule has 0 aliphatic heterocycles. The molecule has 0 fully saturated rings. The maximum atomic E-state index is 12.3. The van der Waals surface area contributed by atoms with E-state index < -0.39 is 5.63 Å². The van der Waals surface area contributed by atoms with Crippen molar-refractivity contribution in [3.05, 3.63) is 92.3 Å². The van der Waals surface area contributed by atoms with Crippen LogP contribution in [-0.4, -0.2) is 7.11 Å². The van der Waals surface area contributed by atoms with Crippen molar-refractivity contribution in [2.45, 2.75) is 13.5 Å². The molecule has 0 bridgehead atoms. The van der Waals surface area contributed by atoms with E-state index in [0.29, 0.717) is 26.9 Å². The minimum absolute atomic E-state index is 0.202. The number of fused-ring (bicyclic) bond motifs is 1. The highest BCUT2D eigenvalue weighted by molar-refractivity contribution is 6.35. The van der Waals surface area contributed by atoms with Gasteiger partial charge in [-0.1, -0.05) is 41.4 Å². The second-order valence-electron chi connectivity index (χ2n) is 6.76. The largest absolute Gasteiger partial charge is 0.497 e. The van der Waals surface area contributed by atoms with Gasteiger partial charge in [-0.2, -0.15) is 0 Å². The first-order chi connectivity index (χ1) is 14.5. The molecule has 152 valence electrons. The quantitative estimate of drug-likeness (QED) is 0.325. The molecule has 4 rings (SSSR count). The zero-order valence-corrected chi connectivity index (χ0v) is 17.9. The Kier molecular flexibility index (Phi) is 5.71. The molecule has 0 spiro atoms. The maximum Gasteiger partial charge on any atom is 0.336 e. The molecular formula is C24H18Cl2O4. The Hall–Kier alpha value is -2.95. The van der Waals surface area contributed by atoms with Crippen molar-refractivity contribution in [3.63, 3.8) is 0 Å². The number of benzene rings is 3. The lowest BCUT2D eigenvalue weighted by atomic mass is 10.00. The molecule has 0 saturated heterocycles. The third kappa shape index (κ3) is 3.89. The lowest BCUT2D eigenvalue weighted by Gasteiger charge is -2.14. The molecule has 4 nitrogen and oxygen atoms in total. The fraction of sp³-hybridized carbons (Fsp3) is 0.125. The molecule has 3 aromatic carbocycles. The maximum absolute atomic E-state index is 12.3. The number of ether oxygens (including phenoxy) is 2. The Labute approximate surface area is 183 Å². The van der Waals surface area contributed by atoms with E-state index in [-0.39, 0.29) is 6.61 Å². The van der Waals surface area contributed by atoms with E-state index in [9.17, 15) is 4.79 Å². The van der Waals surface area contributed by atoms with Crippen LogP contribution < -0.4 is 15.1 Å². The summed E-state index contributed by atoms with van der Waals surface area (Å²) in [4.78, 5) is 12.3. The van der Waals surface area contributed by atoms with E-state index in [1.54, 1.807) is 25.3 Å². The summed E-state index contributed by atoms with van der Waals surface area (Å²) in [6.07, 6.45) is 0. The molecular weight excluding hydrogens is 423 g/mol. The first-order valence-corrected chi connectivity index (χ1v) is 10.0. The van der Waals surface area contributed by atoms with Gasteiger partial charge in [0.15, 0.2) is 0 Å². The van der Waals surface area contributed by atoms with Gasteiger partial charge in [-0.25, -0.2) is 4.79 Å². The number of halogens is 2. The first-order valence-electron chi connectivity index (χ1n) is 9.25. The van der Waals surface area contributed by atoms with Crippen LogP contribution in [0.3, 0.4) is 0 Å². The third-order valence-electron chi connectivity index (χ3n) is 4.95. The van der Waals surface area contributed by atoms with Crippen LogP contribution in [-0.2, 0) is 6.61 Å². The molecule has 0 aliphatic carbocycles. The predicted octanol–water partition coefficient (Wildman–Crippen LogP) is 6.66. The zero-order chi connectivity index (χ0) is 21.3. The highest BCUT2D eigenvalue weighted by Gasteiger charge is 2.14. The van der Waals surface area contributed by atoms with Crippen molar-refractivity contribution in [1.82, 2.24) is 0 Å². The van der Waals surface area contributed by atoms with Gasteiger partial charge in [0.25, 0.3) is 0 Å². The summed E-state index contributed by atoms with van der Waals surface area (Å²) in [6, 6.07) is 18.1. The monoisotopic (exact) mass is 440 g/mol. The van der Waals surface area contributed by atoms with Gasteiger partial charge < -0.3 is 13.9 Å². The second-order valence-corrected chi connectivity index (χ2v) is 7.58. The Morgan fingerprint density at radius 1 is 0.967 bits per heavy atom. The van der Waals surface area contributed by atoms with Crippen LogP contribution >= 0.6 is 23.2 Å². The molecule has 1 heterocycles. The van der Waals surface area contributed by atoms with E-state index >= 15 is 0 Å². The van der Waals surface area contributed by atoms with Crippen molar-refractivity contribution in [1.29, 1.82) is 0 Å². The van der Waals surface area contributed by atoms with Gasteiger partial charge in [0.05, 0.1) is 7.11 Å². The standard InChI is InChI=1S/C24H18Cl2O4/c1-14-22(29-13-19-20(25)4-3-5-21(19)26)11-10-17-18(12-23(27)30-24(14)17)15-6-8-16(28-2)9-7-15/h3-12H,13H2,1-2H3. The predicted molar refractivity (Wildman–Crippen MR) is 120 cm³/mol. The minimum atomic E-state index is -0.428. The molecule has 1 aromatic heterocycles. The van der Waals surface area contributed by atoms with Crippen LogP contribution in [0, 0.1) is 6.92 Å². The van der Waals surface area contributed by atoms with E-state index in [1.165, 1.54) is 6.07 Å². The van der Waals surface area contributed by atoms with Crippen molar-refractivity contribution in [2.75, 3.05) is 7.11 Å². The van der Waals surface area contributed by atoms with Crippen LogP contribution in [0.2, 0.25) is 10.0 Å². The van der Waals surface area contributed by atoms with Crippen LogP contribution in [0.4, 0.5) is 0 Å². The number of hydrogen-bond acceptors (Lipinski definition) is 4. The minimum Gasteiger partial charge on any atom is -0.497 e. The van der Waals surface area contributed by atoms with Gasteiger partial charge >= 0.3 is 5.63 Å². The number of methoxy groups -OCH3 is 1. The van der Waals surface area contributed by atoms with E-state index in [1.807, 2.05) is 43.3 Å². The van der Waals surface area contributed by atoms with E-state index in [4.69, 9.17) is 37.1 Å². The summed E-state index contributed by atoms with van der Waals surface area (Å²) in [5.74, 6) is 1.34. The van der Waals surface area contributed by atoms with Crippen molar-refractivity contribution >= 4 is 34.2 Å². The molecule has 0 aliphatic rings. The molecule has 4 aromatic rings. The van der Waals surface area contributed by atoms with Gasteiger partial charge in [0.2, 0.25) is 0 Å². The Bertz CT molecular complexity index is 1260. The Balaban J connectivity index is 1.74. The first kappa shape index (κ1) is 20.3. The van der Waals surface area contributed by atoms with Crippen LogP contribution in [0.15, 0.2) is 69.9 Å². The van der Waals surface area contributed by atoms with Crippen molar-refractivity contribution in [3.8, 4) is 22.6 Å². The smallest absolute Gasteiger partial charge is 0.336 e. The topological polar surface area (TPSA) is 48.7 Å². The summed E-state index contributed by atoms with van der Waals surface area (Å²) in [5, 5.41) is 1.89. The molecule has 30 heavy (non-hydrogen) atoms. The van der Waals surface area contributed by atoms with Crippen LogP contribution in [0.25, 0.3) is 22.1 Å². The zero-order valence-electron chi connectivity index (χ0n) is 16.4. The van der Waals surface area contributed by atoms with Crippen LogP contribution in [0.1, 0.15) is 11.1 Å². The number of rotatable bonds is 5. The van der Waals surface area contributed by atoms with Crippen LogP contribution in [0.5, 0.6) is 11.5 Å².